The molecule has 3 aliphatic rings. The third-order valence-corrected chi connectivity index (χ3v) is 8.87. The Hall–Kier alpha value is -4.16. The van der Waals surface area contributed by atoms with E-state index < -0.39 is 29.2 Å². The van der Waals surface area contributed by atoms with Crippen molar-refractivity contribution in [2.75, 3.05) is 4.90 Å². The van der Waals surface area contributed by atoms with Gasteiger partial charge in [-0.05, 0) is 53.6 Å². The SMILES string of the molecule is O=C(c1ccc(F)cc1)[C@@H]1[C@H](c2ccc(Br)cc2)C2(C(=O)c3ccccc3C2=O)[C@@H]2C=Cc3ccccc3N12. The van der Waals surface area contributed by atoms with Crippen LogP contribution in [-0.4, -0.2) is 29.4 Å². The molecule has 0 amide bonds. The van der Waals surface area contributed by atoms with E-state index in [-0.39, 0.29) is 17.3 Å². The van der Waals surface area contributed by atoms with E-state index in [2.05, 4.69) is 15.9 Å². The molecule has 1 saturated heterocycles. The minimum absolute atomic E-state index is 0.272. The molecule has 190 valence electrons. The van der Waals surface area contributed by atoms with Crippen LogP contribution in [0, 0.1) is 11.2 Å². The fraction of sp³-hybridized carbons (Fsp3) is 0.121. The molecule has 3 atom stereocenters. The van der Waals surface area contributed by atoms with Crippen molar-refractivity contribution in [3.63, 3.8) is 0 Å². The average Bonchev–Trinajstić information content (AvgIpc) is 3.40. The molecule has 39 heavy (non-hydrogen) atoms. The summed E-state index contributed by atoms with van der Waals surface area (Å²) in [4.78, 5) is 45.5. The van der Waals surface area contributed by atoms with Crippen molar-refractivity contribution >= 4 is 45.0 Å². The number of hydrogen-bond donors (Lipinski definition) is 0. The number of benzene rings is 4. The van der Waals surface area contributed by atoms with E-state index in [1.165, 1.54) is 24.3 Å². The minimum Gasteiger partial charge on any atom is -0.352 e. The quantitative estimate of drug-likeness (QED) is 0.196. The molecule has 4 aromatic carbocycles. The largest absolute Gasteiger partial charge is 0.352 e. The van der Waals surface area contributed by atoms with E-state index in [9.17, 15) is 18.8 Å². The Morgan fingerprint density at radius 3 is 2.08 bits per heavy atom. The predicted octanol–water partition coefficient (Wildman–Crippen LogP) is 6.90. The number of Topliss-reactive ketones (excluding diaryl/α,β-unsaturated/α-hetero) is 3. The van der Waals surface area contributed by atoms with Crippen molar-refractivity contribution in [1.82, 2.24) is 0 Å². The van der Waals surface area contributed by atoms with E-state index in [1.807, 2.05) is 65.6 Å². The van der Waals surface area contributed by atoms with Crippen LogP contribution in [0.1, 0.15) is 48.1 Å². The van der Waals surface area contributed by atoms with E-state index in [0.717, 1.165) is 15.7 Å². The van der Waals surface area contributed by atoms with E-state index in [1.54, 1.807) is 24.3 Å². The second kappa shape index (κ2) is 8.68. The highest BCUT2D eigenvalue weighted by atomic mass is 79.9. The molecular weight excluding hydrogens is 557 g/mol. The molecule has 6 heteroatoms. The summed E-state index contributed by atoms with van der Waals surface area (Å²) in [5.41, 5.74) is 1.92. The number of ketones is 3. The van der Waals surface area contributed by atoms with Crippen LogP contribution in [0.25, 0.3) is 6.08 Å². The zero-order chi connectivity index (χ0) is 26.9. The summed E-state index contributed by atoms with van der Waals surface area (Å²) in [6, 6.07) is 25.9. The molecule has 4 nitrogen and oxygen atoms in total. The number of carbonyl (C=O) groups is 3. The van der Waals surface area contributed by atoms with Crippen molar-refractivity contribution in [3.05, 3.63) is 141 Å². The third-order valence-electron chi connectivity index (χ3n) is 8.34. The summed E-state index contributed by atoms with van der Waals surface area (Å²) in [5, 5.41) is 0. The summed E-state index contributed by atoms with van der Waals surface area (Å²) in [5.74, 6) is -2.06. The zero-order valence-electron chi connectivity index (χ0n) is 20.6. The van der Waals surface area contributed by atoms with Gasteiger partial charge in [-0.2, -0.15) is 0 Å². The minimum atomic E-state index is -1.55. The highest BCUT2D eigenvalue weighted by molar-refractivity contribution is 9.10. The predicted molar refractivity (Wildman–Crippen MR) is 151 cm³/mol. The summed E-state index contributed by atoms with van der Waals surface area (Å²) in [6.07, 6.45) is 3.83. The average molecular weight is 578 g/mol. The molecule has 2 aliphatic heterocycles. The summed E-state index contributed by atoms with van der Waals surface area (Å²) in [6.45, 7) is 0. The molecule has 0 unspecified atom stereocenters. The molecule has 0 bridgehead atoms. The van der Waals surface area contributed by atoms with Crippen LogP contribution in [0.5, 0.6) is 0 Å². The maximum atomic E-state index is 14.5. The van der Waals surface area contributed by atoms with Crippen LogP contribution in [0.15, 0.2) is 108 Å². The van der Waals surface area contributed by atoms with Gasteiger partial charge in [0, 0.05) is 32.8 Å². The Morgan fingerprint density at radius 1 is 0.795 bits per heavy atom. The van der Waals surface area contributed by atoms with Gasteiger partial charge in [0.2, 0.25) is 0 Å². The van der Waals surface area contributed by atoms with Gasteiger partial charge >= 0.3 is 0 Å². The zero-order valence-corrected chi connectivity index (χ0v) is 22.1. The number of halogens is 2. The monoisotopic (exact) mass is 577 g/mol. The molecule has 0 N–H and O–H groups in total. The first-order valence-corrected chi connectivity index (χ1v) is 13.5. The number of fused-ring (bicyclic) bond motifs is 5. The van der Waals surface area contributed by atoms with E-state index in [0.29, 0.717) is 22.3 Å². The first kappa shape index (κ1) is 23.9. The first-order valence-electron chi connectivity index (χ1n) is 12.7. The van der Waals surface area contributed by atoms with Gasteiger partial charge in [0.15, 0.2) is 17.3 Å². The Kier molecular flexibility index (Phi) is 5.32. The van der Waals surface area contributed by atoms with Crippen LogP contribution >= 0.6 is 15.9 Å². The fourth-order valence-corrected chi connectivity index (χ4v) is 7.01. The summed E-state index contributed by atoms with van der Waals surface area (Å²) < 4.78 is 14.7. The highest BCUT2D eigenvalue weighted by Gasteiger charge is 2.71. The van der Waals surface area contributed by atoms with Gasteiger partial charge in [0.05, 0.1) is 6.04 Å². The van der Waals surface area contributed by atoms with Crippen LogP contribution in [0.2, 0.25) is 0 Å². The van der Waals surface area contributed by atoms with Gasteiger partial charge in [-0.1, -0.05) is 82.7 Å². The molecule has 0 radical (unpaired) electrons. The van der Waals surface area contributed by atoms with Crippen LogP contribution in [0.3, 0.4) is 0 Å². The van der Waals surface area contributed by atoms with Gasteiger partial charge in [-0.25, -0.2) is 4.39 Å². The number of para-hydroxylation sites is 1. The first-order chi connectivity index (χ1) is 18.9. The molecule has 1 aliphatic carbocycles. The Bertz CT molecular complexity index is 1670. The number of nitrogens with zero attached hydrogens (tertiary/aromatic N) is 1. The normalized spacial score (nSPS) is 22.1. The van der Waals surface area contributed by atoms with Gasteiger partial charge in [-0.3, -0.25) is 14.4 Å². The van der Waals surface area contributed by atoms with Gasteiger partial charge in [0.1, 0.15) is 17.3 Å². The maximum Gasteiger partial charge on any atom is 0.185 e. The summed E-state index contributed by atoms with van der Waals surface area (Å²) in [7, 11) is 0. The molecule has 7 rings (SSSR count). The standard InChI is InChI=1S/C33H21BrFNO3/c34-22-14-9-20(10-15-22)28-29(30(37)21-11-16-23(35)17-12-21)36-26-8-4-1-5-19(26)13-18-27(36)33(28)31(38)24-6-2-3-7-25(24)32(33)39/h1-18,27-29H/t27-,28-,29-/m0/s1. The van der Waals surface area contributed by atoms with E-state index in [4.69, 9.17) is 0 Å². The number of rotatable bonds is 3. The van der Waals surface area contributed by atoms with Crippen molar-refractivity contribution in [3.8, 4) is 0 Å². The van der Waals surface area contributed by atoms with Crippen molar-refractivity contribution in [1.29, 1.82) is 0 Å². The lowest BCUT2D eigenvalue weighted by molar-refractivity contribution is 0.0666. The van der Waals surface area contributed by atoms with Crippen LogP contribution in [-0.2, 0) is 0 Å². The molecule has 0 aromatic heterocycles. The van der Waals surface area contributed by atoms with Crippen molar-refractivity contribution in [2.45, 2.75) is 18.0 Å². The number of carbonyl (C=O) groups excluding carboxylic acids is 3. The lowest BCUT2D eigenvalue weighted by Crippen LogP contribution is -2.48. The second-order valence-electron chi connectivity index (χ2n) is 10.2. The number of anilines is 1. The molecule has 2 heterocycles. The second-order valence-corrected chi connectivity index (χ2v) is 11.1. The molecule has 0 saturated carbocycles. The topological polar surface area (TPSA) is 54.5 Å². The Balaban J connectivity index is 1.54. The molecule has 4 aromatic rings. The van der Waals surface area contributed by atoms with E-state index >= 15 is 0 Å². The van der Waals surface area contributed by atoms with Gasteiger partial charge in [0.25, 0.3) is 0 Å². The fourth-order valence-electron chi connectivity index (χ4n) is 6.75. The Labute approximate surface area is 232 Å². The molecule has 1 spiro atoms. The van der Waals surface area contributed by atoms with Crippen LogP contribution in [0.4, 0.5) is 10.1 Å². The van der Waals surface area contributed by atoms with Gasteiger partial charge in [-0.15, -0.1) is 0 Å². The highest BCUT2D eigenvalue weighted by Crippen LogP contribution is 2.61. The third kappa shape index (κ3) is 3.24. The molecule has 1 fully saturated rings. The van der Waals surface area contributed by atoms with Crippen LogP contribution < -0.4 is 4.90 Å². The number of hydrogen-bond acceptors (Lipinski definition) is 4. The van der Waals surface area contributed by atoms with Gasteiger partial charge < -0.3 is 4.90 Å². The van der Waals surface area contributed by atoms with Crippen molar-refractivity contribution in [2.24, 2.45) is 5.41 Å². The molecular formula is C33H21BrFNO3. The lowest BCUT2D eigenvalue weighted by atomic mass is 9.64. The summed E-state index contributed by atoms with van der Waals surface area (Å²) >= 11 is 3.49. The smallest absolute Gasteiger partial charge is 0.185 e. The maximum absolute atomic E-state index is 14.5. The Morgan fingerprint density at radius 2 is 1.41 bits per heavy atom. The van der Waals surface area contributed by atoms with Crippen molar-refractivity contribution < 1.29 is 18.8 Å². The lowest BCUT2D eigenvalue weighted by Gasteiger charge is -2.37.